The minimum atomic E-state index is -0.961. The Labute approximate surface area is 116 Å². The molecule has 0 aromatic heterocycles. The molecule has 1 aliphatic heterocycles. The maximum Gasteiger partial charge on any atom is 0.326 e. The largest absolute Gasteiger partial charge is 0.480 e. The summed E-state index contributed by atoms with van der Waals surface area (Å²) in [5.74, 6) is 0.678. The van der Waals surface area contributed by atoms with Gasteiger partial charge in [0.05, 0.1) is 0 Å². The third-order valence-corrected chi connectivity index (χ3v) is 4.52. The molecule has 2 N–H and O–H groups in total. The van der Waals surface area contributed by atoms with E-state index in [9.17, 15) is 9.59 Å². The van der Waals surface area contributed by atoms with Crippen molar-refractivity contribution in [2.24, 2.45) is 0 Å². The number of carbonyl (C=O) groups excluding carboxylic acids is 1. The Hall–Kier alpha value is -0.560. The lowest BCUT2D eigenvalue weighted by Gasteiger charge is -2.31. The lowest BCUT2D eigenvalue weighted by molar-refractivity contribution is -0.139. The smallest absolute Gasteiger partial charge is 0.326 e. The molecule has 104 valence electrons. The van der Waals surface area contributed by atoms with E-state index in [0.717, 1.165) is 11.5 Å². The Morgan fingerprint density at radius 2 is 2.33 bits per heavy atom. The van der Waals surface area contributed by atoms with E-state index >= 15 is 0 Å². The maximum atomic E-state index is 12.0. The van der Waals surface area contributed by atoms with Gasteiger partial charge in [-0.1, -0.05) is 6.92 Å². The number of amides is 2. The van der Waals surface area contributed by atoms with E-state index in [1.165, 1.54) is 0 Å². The van der Waals surface area contributed by atoms with Crippen molar-refractivity contribution >= 4 is 35.5 Å². The van der Waals surface area contributed by atoms with Crippen LogP contribution in [0.5, 0.6) is 0 Å². The number of carboxylic acids is 1. The number of hydrogen-bond donors (Lipinski definition) is 2. The zero-order valence-corrected chi connectivity index (χ0v) is 12.4. The van der Waals surface area contributed by atoms with Crippen molar-refractivity contribution in [2.75, 3.05) is 30.9 Å². The van der Waals surface area contributed by atoms with Gasteiger partial charge in [0.1, 0.15) is 6.04 Å². The van der Waals surface area contributed by atoms with Gasteiger partial charge >= 0.3 is 12.0 Å². The molecule has 2 amide bonds. The predicted molar refractivity (Wildman–Crippen MR) is 76.4 cm³/mol. The number of rotatable bonds is 5. The highest BCUT2D eigenvalue weighted by Gasteiger charge is 2.25. The molecule has 0 aromatic carbocycles. The van der Waals surface area contributed by atoms with E-state index in [2.05, 4.69) is 12.2 Å². The molecule has 1 aliphatic rings. The van der Waals surface area contributed by atoms with E-state index in [-0.39, 0.29) is 6.03 Å². The summed E-state index contributed by atoms with van der Waals surface area (Å²) in [7, 11) is 0. The average Bonchev–Trinajstić information content (AvgIpc) is 2.33. The van der Waals surface area contributed by atoms with Crippen LogP contribution in [0.4, 0.5) is 4.79 Å². The molecule has 0 aromatic rings. The Kier molecular flexibility index (Phi) is 6.70. The van der Waals surface area contributed by atoms with Crippen LogP contribution in [0.2, 0.25) is 0 Å². The lowest BCUT2D eigenvalue weighted by Crippen LogP contribution is -2.51. The summed E-state index contributed by atoms with van der Waals surface area (Å²) in [4.78, 5) is 24.7. The van der Waals surface area contributed by atoms with Gasteiger partial charge in [-0.25, -0.2) is 9.59 Å². The Bertz CT molecular complexity index is 302. The first-order valence-electron chi connectivity index (χ1n) is 5.93. The molecule has 7 heteroatoms. The number of carbonyl (C=O) groups is 2. The number of thioether (sulfide) groups is 2. The highest BCUT2D eigenvalue weighted by Crippen LogP contribution is 2.17. The zero-order valence-electron chi connectivity index (χ0n) is 10.7. The van der Waals surface area contributed by atoms with Gasteiger partial charge in [0.15, 0.2) is 0 Å². The monoisotopic (exact) mass is 292 g/mol. The summed E-state index contributed by atoms with van der Waals surface area (Å²) in [6, 6.07) is -1.04. The molecule has 1 unspecified atom stereocenters. The van der Waals surface area contributed by atoms with Crippen molar-refractivity contribution in [1.82, 2.24) is 10.2 Å². The highest BCUT2D eigenvalue weighted by molar-refractivity contribution is 8.00. The molecule has 18 heavy (non-hydrogen) atoms. The number of urea groups is 1. The van der Waals surface area contributed by atoms with Gasteiger partial charge in [0, 0.05) is 24.1 Å². The quantitative estimate of drug-likeness (QED) is 0.800. The van der Waals surface area contributed by atoms with E-state index in [1.54, 1.807) is 16.7 Å². The van der Waals surface area contributed by atoms with E-state index in [1.807, 2.05) is 18.0 Å². The summed E-state index contributed by atoms with van der Waals surface area (Å²) in [5, 5.41) is 12.1. The summed E-state index contributed by atoms with van der Waals surface area (Å²) in [6.45, 7) is 3.45. The van der Waals surface area contributed by atoms with Crippen LogP contribution in [0, 0.1) is 0 Å². The van der Waals surface area contributed by atoms with Crippen molar-refractivity contribution in [2.45, 2.75) is 24.6 Å². The molecule has 1 heterocycles. The Morgan fingerprint density at radius 1 is 1.61 bits per heavy atom. The Balaban J connectivity index is 2.46. The molecule has 1 saturated heterocycles. The second-order valence-corrected chi connectivity index (χ2v) is 6.78. The fourth-order valence-electron chi connectivity index (χ4n) is 1.74. The topological polar surface area (TPSA) is 69.6 Å². The number of hydrogen-bond acceptors (Lipinski definition) is 4. The molecular formula is C11H20N2O3S2. The van der Waals surface area contributed by atoms with E-state index < -0.39 is 12.0 Å². The molecule has 2 atom stereocenters. The highest BCUT2D eigenvalue weighted by atomic mass is 32.2. The summed E-state index contributed by atoms with van der Waals surface area (Å²) < 4.78 is 0. The minimum Gasteiger partial charge on any atom is -0.480 e. The Morgan fingerprint density at radius 3 is 2.89 bits per heavy atom. The molecular weight excluding hydrogens is 272 g/mol. The van der Waals surface area contributed by atoms with Gasteiger partial charge in [0.2, 0.25) is 0 Å². The van der Waals surface area contributed by atoms with Crippen molar-refractivity contribution in [1.29, 1.82) is 0 Å². The van der Waals surface area contributed by atoms with Crippen molar-refractivity contribution < 1.29 is 14.7 Å². The van der Waals surface area contributed by atoms with Crippen LogP contribution in [0.3, 0.4) is 0 Å². The van der Waals surface area contributed by atoms with Crippen LogP contribution < -0.4 is 5.32 Å². The van der Waals surface area contributed by atoms with Crippen LogP contribution in [0.1, 0.15) is 13.3 Å². The van der Waals surface area contributed by atoms with Gasteiger partial charge in [-0.2, -0.15) is 23.5 Å². The fourth-order valence-corrected chi connectivity index (χ4v) is 3.22. The normalized spacial score (nSPS) is 21.4. The van der Waals surface area contributed by atoms with Gasteiger partial charge in [-0.15, -0.1) is 0 Å². The first-order chi connectivity index (χ1) is 8.54. The maximum absolute atomic E-state index is 12.0. The second-order valence-electron chi connectivity index (χ2n) is 4.25. The molecule has 0 spiro atoms. The number of nitrogens with one attached hydrogen (secondary N) is 1. The zero-order chi connectivity index (χ0) is 13.5. The minimum absolute atomic E-state index is 0.254. The van der Waals surface area contributed by atoms with Crippen molar-refractivity contribution in [3.63, 3.8) is 0 Å². The third-order valence-electron chi connectivity index (χ3n) is 2.73. The average molecular weight is 292 g/mol. The second kappa shape index (κ2) is 7.78. The van der Waals surface area contributed by atoms with Crippen LogP contribution in [-0.2, 0) is 4.79 Å². The van der Waals surface area contributed by atoms with Crippen LogP contribution in [0.15, 0.2) is 0 Å². The van der Waals surface area contributed by atoms with Gasteiger partial charge in [-0.3, -0.25) is 0 Å². The molecule has 1 rings (SSSR count). The summed E-state index contributed by atoms with van der Waals surface area (Å²) >= 11 is 3.42. The molecule has 0 bridgehead atoms. The summed E-state index contributed by atoms with van der Waals surface area (Å²) in [5.41, 5.74) is 0. The van der Waals surface area contributed by atoms with Gasteiger partial charge < -0.3 is 15.3 Å². The number of aliphatic carboxylic acids is 1. The predicted octanol–water partition coefficient (Wildman–Crippen LogP) is 1.34. The molecule has 0 aliphatic carbocycles. The van der Waals surface area contributed by atoms with E-state index in [4.69, 9.17) is 5.11 Å². The molecule has 1 fully saturated rings. The van der Waals surface area contributed by atoms with Gasteiger partial charge in [-0.05, 0) is 18.4 Å². The van der Waals surface area contributed by atoms with Crippen LogP contribution >= 0.6 is 23.5 Å². The van der Waals surface area contributed by atoms with E-state index in [0.29, 0.717) is 24.8 Å². The molecule has 5 nitrogen and oxygen atoms in total. The van der Waals surface area contributed by atoms with Crippen LogP contribution in [0.25, 0.3) is 0 Å². The molecule has 0 radical (unpaired) electrons. The first-order valence-corrected chi connectivity index (χ1v) is 8.37. The lowest BCUT2D eigenvalue weighted by atomic mass is 10.2. The van der Waals surface area contributed by atoms with Crippen molar-refractivity contribution in [3.05, 3.63) is 0 Å². The SMILES string of the molecule is CSCC[C@H](NC(=O)N1CCSC(C)C1)C(=O)O. The van der Waals surface area contributed by atoms with Crippen molar-refractivity contribution in [3.8, 4) is 0 Å². The summed E-state index contributed by atoms with van der Waals surface area (Å²) in [6.07, 6.45) is 2.38. The third kappa shape index (κ3) is 4.97. The molecule has 0 saturated carbocycles. The number of nitrogens with zero attached hydrogens (tertiary/aromatic N) is 1. The first kappa shape index (κ1) is 15.5. The van der Waals surface area contributed by atoms with Crippen LogP contribution in [-0.4, -0.2) is 64.1 Å². The number of carboxylic acid groups (broad SMARTS) is 1. The van der Waals surface area contributed by atoms with Gasteiger partial charge in [0.25, 0.3) is 0 Å². The fraction of sp³-hybridized carbons (Fsp3) is 0.818. The standard InChI is InChI=1S/C11H20N2O3S2/c1-8-7-13(4-6-18-8)11(16)12-9(10(14)15)3-5-17-2/h8-9H,3-7H2,1-2H3,(H,12,16)(H,14,15)/t8?,9-/m0/s1.